The zero-order valence-electron chi connectivity index (χ0n) is 17.6. The predicted octanol–water partition coefficient (Wildman–Crippen LogP) is 5.11. The first-order chi connectivity index (χ1) is 13.6. The molecule has 0 atom stereocenters. The van der Waals surface area contributed by atoms with Crippen LogP contribution >= 0.6 is 0 Å². The number of nitrogens with zero attached hydrogens (tertiary/aromatic N) is 3. The van der Waals surface area contributed by atoms with Gasteiger partial charge in [-0.15, -0.1) is 0 Å². The minimum absolute atomic E-state index is 0.450. The lowest BCUT2D eigenvalue weighted by Gasteiger charge is -2.20. The molecule has 28 heavy (non-hydrogen) atoms. The molecule has 2 heterocycles. The number of anilines is 1. The Bertz CT molecular complexity index is 1020. The number of aryl methyl sites for hydroxylation is 3. The summed E-state index contributed by atoms with van der Waals surface area (Å²) in [7, 11) is 1.70. The minimum atomic E-state index is 0.450. The average Bonchev–Trinajstić information content (AvgIpc) is 3.29. The van der Waals surface area contributed by atoms with Gasteiger partial charge in [0.15, 0.2) is 5.65 Å². The van der Waals surface area contributed by atoms with Crippen molar-refractivity contribution < 1.29 is 4.74 Å². The van der Waals surface area contributed by atoms with Gasteiger partial charge in [-0.3, -0.25) is 0 Å². The summed E-state index contributed by atoms with van der Waals surface area (Å²) in [6.45, 7) is 8.68. The van der Waals surface area contributed by atoms with Crippen LogP contribution in [0, 0.1) is 13.8 Å². The fraction of sp³-hybridized carbons (Fsp3) is 0.478. The smallest absolute Gasteiger partial charge is 0.165 e. The zero-order chi connectivity index (χ0) is 19.8. The molecule has 148 valence electrons. The van der Waals surface area contributed by atoms with Crippen LogP contribution in [0.4, 0.5) is 5.82 Å². The summed E-state index contributed by atoms with van der Waals surface area (Å²) in [6.07, 6.45) is 5.49. The van der Waals surface area contributed by atoms with Gasteiger partial charge in [0.2, 0.25) is 0 Å². The van der Waals surface area contributed by atoms with Gasteiger partial charge >= 0.3 is 0 Å². The Morgan fingerprint density at radius 3 is 2.64 bits per heavy atom. The summed E-state index contributed by atoms with van der Waals surface area (Å²) in [4.78, 5) is 5.09. The van der Waals surface area contributed by atoms with Crippen LogP contribution in [0.25, 0.3) is 16.8 Å². The van der Waals surface area contributed by atoms with Gasteiger partial charge in [-0.1, -0.05) is 19.9 Å². The molecule has 1 aromatic carbocycles. The molecule has 0 bridgehead atoms. The van der Waals surface area contributed by atoms with Gasteiger partial charge in [0.05, 0.1) is 12.8 Å². The first-order valence-corrected chi connectivity index (χ1v) is 10.4. The summed E-state index contributed by atoms with van der Waals surface area (Å²) in [6, 6.07) is 6.67. The Morgan fingerprint density at radius 2 is 1.96 bits per heavy atom. The van der Waals surface area contributed by atoms with E-state index in [0.717, 1.165) is 54.2 Å². The summed E-state index contributed by atoms with van der Waals surface area (Å²) in [5, 5.41) is 8.72. The number of fused-ring (bicyclic) bond motifs is 2. The number of aromatic nitrogens is 3. The third-order valence-electron chi connectivity index (χ3n) is 5.99. The second kappa shape index (κ2) is 7.46. The Morgan fingerprint density at radius 1 is 1.18 bits per heavy atom. The molecule has 5 heteroatoms. The lowest BCUT2D eigenvalue weighted by atomic mass is 10.0. The van der Waals surface area contributed by atoms with Gasteiger partial charge in [0, 0.05) is 22.9 Å². The Balaban J connectivity index is 1.94. The molecule has 0 saturated carbocycles. The largest absolute Gasteiger partial charge is 0.497 e. The molecule has 1 aliphatic carbocycles. The number of methoxy groups -OCH3 is 1. The molecule has 3 aromatic rings. The fourth-order valence-electron chi connectivity index (χ4n) is 4.33. The highest BCUT2D eigenvalue weighted by Gasteiger charge is 2.25. The van der Waals surface area contributed by atoms with Crippen molar-refractivity contribution in [3.63, 3.8) is 0 Å². The second-order valence-corrected chi connectivity index (χ2v) is 7.77. The third kappa shape index (κ3) is 3.03. The van der Waals surface area contributed by atoms with Gasteiger partial charge in [0.25, 0.3) is 0 Å². The standard InChI is InChI=1S/C23H30N4O/c1-6-16(7-2)24-22-19-9-8-10-20(19)25-23-21(15(4)26-27(22)23)18-12-11-17(28-5)13-14(18)3/h11-13,16,24H,6-10H2,1-5H3. The topological polar surface area (TPSA) is 51.5 Å². The highest BCUT2D eigenvalue weighted by molar-refractivity contribution is 5.83. The number of ether oxygens (including phenoxy) is 1. The number of hydrogen-bond donors (Lipinski definition) is 1. The highest BCUT2D eigenvalue weighted by atomic mass is 16.5. The molecule has 0 amide bonds. The molecule has 2 aromatic heterocycles. The van der Waals surface area contributed by atoms with E-state index in [1.165, 1.54) is 28.8 Å². The van der Waals surface area contributed by atoms with E-state index >= 15 is 0 Å². The van der Waals surface area contributed by atoms with E-state index in [9.17, 15) is 0 Å². The van der Waals surface area contributed by atoms with E-state index in [0.29, 0.717) is 6.04 Å². The predicted molar refractivity (Wildman–Crippen MR) is 114 cm³/mol. The molecule has 0 aliphatic heterocycles. The van der Waals surface area contributed by atoms with Gasteiger partial charge in [0.1, 0.15) is 11.6 Å². The van der Waals surface area contributed by atoms with Crippen molar-refractivity contribution in [3.05, 3.63) is 40.7 Å². The van der Waals surface area contributed by atoms with Crippen LogP contribution in [0.5, 0.6) is 5.75 Å². The summed E-state index contributed by atoms with van der Waals surface area (Å²) >= 11 is 0. The number of rotatable bonds is 6. The summed E-state index contributed by atoms with van der Waals surface area (Å²) in [5.41, 5.74) is 8.02. The van der Waals surface area contributed by atoms with E-state index in [2.05, 4.69) is 49.7 Å². The number of benzene rings is 1. The third-order valence-corrected chi connectivity index (χ3v) is 5.99. The van der Waals surface area contributed by atoms with E-state index < -0.39 is 0 Å². The number of hydrogen-bond acceptors (Lipinski definition) is 4. The fourth-order valence-corrected chi connectivity index (χ4v) is 4.33. The molecule has 5 nitrogen and oxygen atoms in total. The molecular weight excluding hydrogens is 348 g/mol. The molecule has 1 aliphatic rings. The van der Waals surface area contributed by atoms with E-state index in [4.69, 9.17) is 14.8 Å². The maximum Gasteiger partial charge on any atom is 0.165 e. The quantitative estimate of drug-likeness (QED) is 0.647. The van der Waals surface area contributed by atoms with Gasteiger partial charge in [-0.05, 0) is 69.2 Å². The maximum absolute atomic E-state index is 5.39. The molecule has 1 N–H and O–H groups in total. The highest BCUT2D eigenvalue weighted by Crippen LogP contribution is 2.36. The second-order valence-electron chi connectivity index (χ2n) is 7.77. The van der Waals surface area contributed by atoms with Gasteiger partial charge in [-0.2, -0.15) is 9.61 Å². The van der Waals surface area contributed by atoms with Crippen LogP contribution in [0.15, 0.2) is 18.2 Å². The van der Waals surface area contributed by atoms with Crippen molar-refractivity contribution in [3.8, 4) is 16.9 Å². The Kier molecular flexibility index (Phi) is 5.00. The van der Waals surface area contributed by atoms with E-state index in [1.54, 1.807) is 7.11 Å². The van der Waals surface area contributed by atoms with Crippen molar-refractivity contribution >= 4 is 11.5 Å². The van der Waals surface area contributed by atoms with Crippen LogP contribution < -0.4 is 10.1 Å². The van der Waals surface area contributed by atoms with Crippen LogP contribution in [0.2, 0.25) is 0 Å². The van der Waals surface area contributed by atoms with Gasteiger partial charge < -0.3 is 10.1 Å². The lowest BCUT2D eigenvalue weighted by molar-refractivity contribution is 0.414. The van der Waals surface area contributed by atoms with Gasteiger partial charge in [-0.25, -0.2) is 4.98 Å². The molecule has 4 rings (SSSR count). The van der Waals surface area contributed by atoms with Crippen LogP contribution in [-0.4, -0.2) is 27.7 Å². The first-order valence-electron chi connectivity index (χ1n) is 10.4. The molecule has 0 fully saturated rings. The summed E-state index contributed by atoms with van der Waals surface area (Å²) in [5.74, 6) is 2.02. The van der Waals surface area contributed by atoms with Crippen LogP contribution in [0.1, 0.15) is 55.6 Å². The molecular formula is C23H30N4O. The van der Waals surface area contributed by atoms with Crippen LogP contribution in [0.3, 0.4) is 0 Å². The molecule has 0 radical (unpaired) electrons. The normalized spacial score (nSPS) is 13.4. The average molecular weight is 379 g/mol. The first kappa shape index (κ1) is 18.8. The molecule has 0 unspecified atom stereocenters. The van der Waals surface area contributed by atoms with E-state index in [-0.39, 0.29) is 0 Å². The SMILES string of the molecule is CCC(CC)Nc1c2c(nc3c(-c4ccc(OC)cc4C)c(C)nn13)CCC2. The van der Waals surface area contributed by atoms with Crippen molar-refractivity contribution in [1.29, 1.82) is 0 Å². The monoisotopic (exact) mass is 378 g/mol. The maximum atomic E-state index is 5.39. The minimum Gasteiger partial charge on any atom is -0.497 e. The van der Waals surface area contributed by atoms with Crippen molar-refractivity contribution in [1.82, 2.24) is 14.6 Å². The Hall–Kier alpha value is -2.56. The number of nitrogens with one attached hydrogen (secondary N) is 1. The van der Waals surface area contributed by atoms with E-state index in [1.807, 2.05) is 6.07 Å². The van der Waals surface area contributed by atoms with Crippen molar-refractivity contribution in [2.75, 3.05) is 12.4 Å². The van der Waals surface area contributed by atoms with Crippen molar-refractivity contribution in [2.24, 2.45) is 0 Å². The van der Waals surface area contributed by atoms with Crippen LogP contribution in [-0.2, 0) is 12.8 Å². The summed E-state index contributed by atoms with van der Waals surface area (Å²) < 4.78 is 7.44. The molecule has 0 spiro atoms. The zero-order valence-corrected chi connectivity index (χ0v) is 17.6. The lowest BCUT2D eigenvalue weighted by Crippen LogP contribution is -2.21. The molecule has 0 saturated heterocycles. The van der Waals surface area contributed by atoms with Crippen molar-refractivity contribution in [2.45, 2.75) is 65.8 Å². The Labute approximate surface area is 167 Å².